The summed E-state index contributed by atoms with van der Waals surface area (Å²) in [5, 5.41) is 13.7. The number of para-hydroxylation sites is 1. The molecule has 0 saturated carbocycles. The van der Waals surface area contributed by atoms with Crippen LogP contribution in [-0.4, -0.2) is 21.1 Å². The number of nitrogens with one attached hydrogen (secondary N) is 2. The number of hydrazone groups is 1. The summed E-state index contributed by atoms with van der Waals surface area (Å²) in [5.74, 6) is 0. The van der Waals surface area contributed by atoms with E-state index in [9.17, 15) is 0 Å². The first kappa shape index (κ1) is 19.8. The van der Waals surface area contributed by atoms with Crippen LogP contribution in [0.15, 0.2) is 72.0 Å². The number of aryl methyl sites for hydroxylation is 3. The Bertz CT molecular complexity index is 1220. The molecule has 0 aliphatic rings. The van der Waals surface area contributed by atoms with Gasteiger partial charge in [-0.05, 0) is 67.9 Å². The molecule has 0 aliphatic carbocycles. The molecule has 0 unspecified atom stereocenters. The van der Waals surface area contributed by atoms with Gasteiger partial charge >= 0.3 is 0 Å². The second-order valence-corrected chi connectivity index (χ2v) is 7.73. The van der Waals surface area contributed by atoms with E-state index in [-0.39, 0.29) is 0 Å². The van der Waals surface area contributed by atoms with Crippen molar-refractivity contribution in [3.05, 3.63) is 89.1 Å². The maximum Gasteiger partial charge on any atom is 0.191 e. The molecule has 1 aromatic heterocycles. The van der Waals surface area contributed by atoms with Gasteiger partial charge < -0.3 is 5.32 Å². The third-order valence-electron chi connectivity index (χ3n) is 4.93. The van der Waals surface area contributed by atoms with E-state index in [4.69, 9.17) is 12.2 Å². The maximum atomic E-state index is 5.36. The second-order valence-electron chi connectivity index (χ2n) is 7.32. The van der Waals surface area contributed by atoms with Gasteiger partial charge in [0.05, 0.1) is 17.4 Å². The zero-order chi connectivity index (χ0) is 21.1. The first-order valence-corrected chi connectivity index (χ1v) is 10.1. The monoisotopic (exact) mass is 413 g/mol. The van der Waals surface area contributed by atoms with E-state index in [0.29, 0.717) is 5.11 Å². The first-order chi connectivity index (χ1) is 14.5. The molecular formula is C24H23N5S. The van der Waals surface area contributed by atoms with Gasteiger partial charge in [0.15, 0.2) is 5.11 Å². The molecule has 3 aromatic carbocycles. The third kappa shape index (κ3) is 4.39. The molecule has 4 rings (SSSR count). The smallest absolute Gasteiger partial charge is 0.191 e. The lowest BCUT2D eigenvalue weighted by Gasteiger charge is -2.12. The SMILES string of the molecule is Cc1ccc(-n2cc3ccc(/C=N/NC(=S)Nc4c(C)cccc4C)cc3n2)cc1. The number of benzene rings is 3. The molecule has 0 saturated heterocycles. The molecule has 1 heterocycles. The molecule has 0 spiro atoms. The number of hydrogen-bond donors (Lipinski definition) is 2. The summed E-state index contributed by atoms with van der Waals surface area (Å²) in [4.78, 5) is 0. The van der Waals surface area contributed by atoms with E-state index in [1.807, 2.05) is 61.1 Å². The number of anilines is 1. The minimum atomic E-state index is 0.452. The Morgan fingerprint density at radius 3 is 2.47 bits per heavy atom. The van der Waals surface area contributed by atoms with Gasteiger partial charge in [0.25, 0.3) is 0 Å². The lowest BCUT2D eigenvalue weighted by Crippen LogP contribution is -2.24. The zero-order valence-electron chi connectivity index (χ0n) is 17.2. The molecule has 0 amide bonds. The van der Waals surface area contributed by atoms with E-state index in [1.54, 1.807) is 6.21 Å². The van der Waals surface area contributed by atoms with Gasteiger partial charge in [0.2, 0.25) is 0 Å². The van der Waals surface area contributed by atoms with Crippen LogP contribution in [0.25, 0.3) is 16.6 Å². The summed E-state index contributed by atoms with van der Waals surface area (Å²) in [5.41, 5.74) is 10.3. The van der Waals surface area contributed by atoms with Gasteiger partial charge in [0.1, 0.15) is 0 Å². The fraction of sp³-hybridized carbons (Fsp3) is 0.125. The van der Waals surface area contributed by atoms with Gasteiger partial charge in [-0.1, -0.05) is 48.0 Å². The minimum absolute atomic E-state index is 0.452. The van der Waals surface area contributed by atoms with Crippen LogP contribution in [-0.2, 0) is 0 Å². The van der Waals surface area contributed by atoms with Crippen LogP contribution in [0.1, 0.15) is 22.3 Å². The van der Waals surface area contributed by atoms with Crippen LogP contribution < -0.4 is 10.7 Å². The van der Waals surface area contributed by atoms with Gasteiger partial charge in [-0.25, -0.2) is 4.68 Å². The third-order valence-corrected chi connectivity index (χ3v) is 5.12. The molecule has 4 aromatic rings. The number of thiocarbonyl (C=S) groups is 1. The topological polar surface area (TPSA) is 54.2 Å². The molecule has 0 fully saturated rings. The Morgan fingerprint density at radius 2 is 1.73 bits per heavy atom. The van der Waals surface area contributed by atoms with Gasteiger partial charge in [-0.2, -0.15) is 10.2 Å². The fourth-order valence-corrected chi connectivity index (χ4v) is 3.42. The molecule has 0 aliphatic heterocycles. The van der Waals surface area contributed by atoms with Crippen LogP contribution in [0.3, 0.4) is 0 Å². The number of hydrogen-bond acceptors (Lipinski definition) is 3. The molecule has 150 valence electrons. The summed E-state index contributed by atoms with van der Waals surface area (Å²) in [6.07, 6.45) is 3.77. The van der Waals surface area contributed by atoms with Crippen molar-refractivity contribution in [3.8, 4) is 5.69 Å². The highest BCUT2D eigenvalue weighted by molar-refractivity contribution is 7.80. The van der Waals surface area contributed by atoms with E-state index < -0.39 is 0 Å². The standard InChI is InChI=1S/C24H23N5S/c1-16-7-11-21(12-8-16)29-15-20-10-9-19(13-22(20)28-29)14-25-27-24(30)26-23-17(2)5-4-6-18(23)3/h4-15H,1-3H3,(H2,26,27,30)/b25-14+. The minimum Gasteiger partial charge on any atom is -0.331 e. The molecule has 6 heteroatoms. The summed E-state index contributed by atoms with van der Waals surface area (Å²) in [6, 6.07) is 20.5. The van der Waals surface area contributed by atoms with Crippen molar-refractivity contribution < 1.29 is 0 Å². The van der Waals surface area contributed by atoms with Crippen molar-refractivity contribution in [2.75, 3.05) is 5.32 Å². The largest absolute Gasteiger partial charge is 0.331 e. The van der Waals surface area contributed by atoms with Crippen LogP contribution >= 0.6 is 12.2 Å². The van der Waals surface area contributed by atoms with Crippen molar-refractivity contribution in [1.29, 1.82) is 0 Å². The number of nitrogens with zero attached hydrogens (tertiary/aromatic N) is 3. The predicted molar refractivity (Wildman–Crippen MR) is 129 cm³/mol. The summed E-state index contributed by atoms with van der Waals surface area (Å²) < 4.78 is 1.90. The quantitative estimate of drug-likeness (QED) is 0.272. The molecule has 5 nitrogen and oxygen atoms in total. The molecule has 30 heavy (non-hydrogen) atoms. The van der Waals surface area contributed by atoms with Crippen molar-refractivity contribution in [3.63, 3.8) is 0 Å². The Kier molecular flexibility index (Phi) is 5.59. The highest BCUT2D eigenvalue weighted by Gasteiger charge is 2.05. The van der Waals surface area contributed by atoms with Crippen molar-refractivity contribution in [1.82, 2.24) is 15.2 Å². The Hall–Kier alpha value is -3.51. The molecule has 2 N–H and O–H groups in total. The van der Waals surface area contributed by atoms with Crippen LogP contribution in [0, 0.1) is 20.8 Å². The van der Waals surface area contributed by atoms with Crippen LogP contribution in [0.2, 0.25) is 0 Å². The average molecular weight is 414 g/mol. The highest BCUT2D eigenvalue weighted by Crippen LogP contribution is 2.19. The average Bonchev–Trinajstić information content (AvgIpc) is 3.15. The lowest BCUT2D eigenvalue weighted by molar-refractivity contribution is 0.896. The zero-order valence-corrected chi connectivity index (χ0v) is 18.0. The fourth-order valence-electron chi connectivity index (χ4n) is 3.26. The summed E-state index contributed by atoms with van der Waals surface area (Å²) in [6.45, 7) is 6.17. The first-order valence-electron chi connectivity index (χ1n) is 9.72. The Morgan fingerprint density at radius 1 is 1.00 bits per heavy atom. The maximum absolute atomic E-state index is 5.36. The second kappa shape index (κ2) is 8.47. The van der Waals surface area contributed by atoms with Crippen molar-refractivity contribution in [2.24, 2.45) is 5.10 Å². The van der Waals surface area contributed by atoms with E-state index in [2.05, 4.69) is 52.1 Å². The lowest BCUT2D eigenvalue weighted by atomic mass is 10.1. The number of fused-ring (bicyclic) bond motifs is 1. The van der Waals surface area contributed by atoms with Crippen LogP contribution in [0.4, 0.5) is 5.69 Å². The molecule has 0 radical (unpaired) electrons. The van der Waals surface area contributed by atoms with Gasteiger partial charge in [-0.15, -0.1) is 0 Å². The van der Waals surface area contributed by atoms with E-state index in [0.717, 1.165) is 39.0 Å². The normalized spacial score (nSPS) is 11.2. The molecule has 0 atom stereocenters. The number of rotatable bonds is 4. The van der Waals surface area contributed by atoms with E-state index >= 15 is 0 Å². The number of aromatic nitrogens is 2. The molecule has 0 bridgehead atoms. The summed E-state index contributed by atoms with van der Waals surface area (Å²) in [7, 11) is 0. The highest BCUT2D eigenvalue weighted by atomic mass is 32.1. The van der Waals surface area contributed by atoms with Gasteiger partial charge in [-0.3, -0.25) is 5.43 Å². The molecular weight excluding hydrogens is 390 g/mol. The van der Waals surface area contributed by atoms with Gasteiger partial charge in [0, 0.05) is 17.3 Å². The Balaban J connectivity index is 1.45. The summed E-state index contributed by atoms with van der Waals surface area (Å²) >= 11 is 5.36. The van der Waals surface area contributed by atoms with E-state index in [1.165, 1.54) is 5.56 Å². The Labute approximate surface area is 181 Å². The van der Waals surface area contributed by atoms with Crippen LogP contribution in [0.5, 0.6) is 0 Å². The van der Waals surface area contributed by atoms with Crippen molar-refractivity contribution in [2.45, 2.75) is 20.8 Å². The predicted octanol–water partition coefficient (Wildman–Crippen LogP) is 5.27. The van der Waals surface area contributed by atoms with Crippen molar-refractivity contribution >= 4 is 40.1 Å².